The molecule has 0 aromatic heterocycles. The predicted molar refractivity (Wildman–Crippen MR) is 78.2 cm³/mol. The summed E-state index contributed by atoms with van der Waals surface area (Å²) in [5.41, 5.74) is 0. The molecule has 2 aliphatic heterocycles. The average Bonchev–Trinajstić information content (AvgIpc) is 3.08. The van der Waals surface area contributed by atoms with Crippen molar-refractivity contribution in [1.29, 1.82) is 0 Å². The second kappa shape index (κ2) is 5.64. The molecule has 1 aliphatic carbocycles. The molecule has 0 bridgehead atoms. The Labute approximate surface area is 122 Å². The summed E-state index contributed by atoms with van der Waals surface area (Å²) in [6, 6.07) is 0.262. The lowest BCUT2D eigenvalue weighted by Crippen LogP contribution is -2.50. The first-order valence-corrected chi connectivity index (χ1v) is 8.29. The Morgan fingerprint density at radius 1 is 1.25 bits per heavy atom. The fourth-order valence-corrected chi connectivity index (χ4v) is 4.20. The average molecular weight is 280 g/mol. The van der Waals surface area contributed by atoms with E-state index in [0.717, 1.165) is 13.0 Å². The van der Waals surface area contributed by atoms with Gasteiger partial charge in [-0.3, -0.25) is 10.1 Å². The van der Waals surface area contributed by atoms with Crippen LogP contribution in [0.1, 0.15) is 52.9 Å². The Balaban J connectivity index is 1.83. The minimum absolute atomic E-state index is 0.00611. The highest BCUT2D eigenvalue weighted by molar-refractivity contribution is 5.85. The zero-order valence-corrected chi connectivity index (χ0v) is 13.0. The van der Waals surface area contributed by atoms with Gasteiger partial charge in [-0.2, -0.15) is 0 Å². The van der Waals surface area contributed by atoms with Gasteiger partial charge in [-0.15, -0.1) is 0 Å². The number of amides is 1. The van der Waals surface area contributed by atoms with E-state index in [-0.39, 0.29) is 24.4 Å². The summed E-state index contributed by atoms with van der Waals surface area (Å²) in [7, 11) is 0. The summed E-state index contributed by atoms with van der Waals surface area (Å²) in [6.07, 6.45) is 6.55. The molecular weight excluding hydrogens is 252 g/mol. The maximum Gasteiger partial charge on any atom is 0.241 e. The third kappa shape index (κ3) is 2.37. The van der Waals surface area contributed by atoms with Crippen LogP contribution in [0.15, 0.2) is 0 Å². The molecule has 3 rings (SSSR count). The Hall–Kier alpha value is -0.610. The topological polar surface area (TPSA) is 41.6 Å². The molecule has 3 fully saturated rings. The molecule has 2 saturated heterocycles. The number of ether oxygens (including phenoxy) is 1. The van der Waals surface area contributed by atoms with Crippen LogP contribution >= 0.6 is 0 Å². The maximum absolute atomic E-state index is 12.9. The van der Waals surface area contributed by atoms with Gasteiger partial charge in [-0.05, 0) is 38.0 Å². The van der Waals surface area contributed by atoms with Crippen molar-refractivity contribution in [1.82, 2.24) is 10.2 Å². The van der Waals surface area contributed by atoms with Gasteiger partial charge < -0.3 is 9.64 Å². The van der Waals surface area contributed by atoms with E-state index in [2.05, 4.69) is 31.0 Å². The quantitative estimate of drug-likeness (QED) is 0.861. The highest BCUT2D eigenvalue weighted by Gasteiger charge is 2.49. The van der Waals surface area contributed by atoms with Gasteiger partial charge in [0.05, 0.1) is 24.4 Å². The number of nitrogens with zero attached hydrogens (tertiary/aromatic N) is 1. The Morgan fingerprint density at radius 3 is 2.50 bits per heavy atom. The van der Waals surface area contributed by atoms with Gasteiger partial charge in [0.25, 0.3) is 0 Å². The lowest BCUT2D eigenvalue weighted by atomic mass is 10.0. The molecule has 0 radical (unpaired) electrons. The van der Waals surface area contributed by atoms with Crippen molar-refractivity contribution in [3.63, 3.8) is 0 Å². The second-order valence-corrected chi connectivity index (χ2v) is 7.06. The molecule has 20 heavy (non-hydrogen) atoms. The second-order valence-electron chi connectivity index (χ2n) is 7.06. The molecule has 4 atom stereocenters. The maximum atomic E-state index is 12.9. The van der Waals surface area contributed by atoms with Crippen LogP contribution in [0.4, 0.5) is 0 Å². The van der Waals surface area contributed by atoms with Crippen molar-refractivity contribution in [3.05, 3.63) is 0 Å². The molecule has 0 aromatic rings. The fraction of sp³-hybridized carbons (Fsp3) is 0.938. The van der Waals surface area contributed by atoms with Crippen LogP contribution in [-0.2, 0) is 9.53 Å². The molecule has 3 aliphatic rings. The Bertz CT molecular complexity index is 365. The summed E-state index contributed by atoms with van der Waals surface area (Å²) in [4.78, 5) is 15.0. The first-order valence-electron chi connectivity index (χ1n) is 8.29. The van der Waals surface area contributed by atoms with Crippen LogP contribution in [0, 0.1) is 11.8 Å². The molecule has 1 amide bonds. The van der Waals surface area contributed by atoms with Gasteiger partial charge in [0, 0.05) is 6.61 Å². The van der Waals surface area contributed by atoms with E-state index in [0.29, 0.717) is 17.7 Å². The first kappa shape index (κ1) is 14.3. The van der Waals surface area contributed by atoms with Crippen LogP contribution in [-0.4, -0.2) is 41.8 Å². The van der Waals surface area contributed by atoms with Gasteiger partial charge in [0.1, 0.15) is 0 Å². The third-order valence-electron chi connectivity index (χ3n) is 5.38. The molecule has 4 heteroatoms. The van der Waals surface area contributed by atoms with E-state index in [9.17, 15) is 4.79 Å². The summed E-state index contributed by atoms with van der Waals surface area (Å²) in [5, 5.41) is 3.65. The van der Waals surface area contributed by atoms with E-state index in [4.69, 9.17) is 4.74 Å². The van der Waals surface area contributed by atoms with E-state index >= 15 is 0 Å². The van der Waals surface area contributed by atoms with Crippen molar-refractivity contribution >= 4 is 5.91 Å². The van der Waals surface area contributed by atoms with Crippen molar-refractivity contribution in [2.24, 2.45) is 11.8 Å². The standard InChI is InChI=1S/C16H28N2O2/c1-10(2)14-16(19)18(13-8-9-20-11(13)3)15(17-14)12-6-4-5-7-12/h10-15,17H,4-9H2,1-3H3. The lowest BCUT2D eigenvalue weighted by molar-refractivity contribution is -0.134. The van der Waals surface area contributed by atoms with Crippen molar-refractivity contribution in [2.45, 2.75) is 77.2 Å². The minimum Gasteiger partial charge on any atom is -0.376 e. The lowest BCUT2D eigenvalue weighted by Gasteiger charge is -2.35. The highest BCUT2D eigenvalue weighted by atomic mass is 16.5. The molecule has 4 unspecified atom stereocenters. The van der Waals surface area contributed by atoms with E-state index in [1.54, 1.807) is 0 Å². The van der Waals surface area contributed by atoms with Crippen molar-refractivity contribution in [2.75, 3.05) is 6.61 Å². The van der Waals surface area contributed by atoms with Gasteiger partial charge >= 0.3 is 0 Å². The van der Waals surface area contributed by atoms with Crippen LogP contribution in [0.2, 0.25) is 0 Å². The van der Waals surface area contributed by atoms with Crippen LogP contribution in [0.5, 0.6) is 0 Å². The smallest absolute Gasteiger partial charge is 0.241 e. The molecule has 114 valence electrons. The van der Waals surface area contributed by atoms with E-state index in [1.807, 2.05) is 0 Å². The fourth-order valence-electron chi connectivity index (χ4n) is 4.20. The zero-order valence-electron chi connectivity index (χ0n) is 13.0. The number of rotatable bonds is 3. The molecule has 2 heterocycles. The van der Waals surface area contributed by atoms with Crippen LogP contribution in [0.3, 0.4) is 0 Å². The van der Waals surface area contributed by atoms with Gasteiger partial charge in [0.15, 0.2) is 0 Å². The summed E-state index contributed by atoms with van der Waals surface area (Å²) in [6.45, 7) is 7.18. The van der Waals surface area contributed by atoms with Crippen LogP contribution < -0.4 is 5.32 Å². The van der Waals surface area contributed by atoms with Crippen molar-refractivity contribution in [3.8, 4) is 0 Å². The van der Waals surface area contributed by atoms with Crippen LogP contribution in [0.25, 0.3) is 0 Å². The van der Waals surface area contributed by atoms with Gasteiger partial charge in [-0.25, -0.2) is 0 Å². The largest absolute Gasteiger partial charge is 0.376 e. The first-order chi connectivity index (χ1) is 9.59. The number of hydrogen-bond acceptors (Lipinski definition) is 3. The third-order valence-corrected chi connectivity index (χ3v) is 5.38. The number of carbonyl (C=O) groups excluding carboxylic acids is 1. The molecule has 0 spiro atoms. The normalized spacial score (nSPS) is 39.4. The number of hydrogen-bond donors (Lipinski definition) is 1. The molecule has 0 aromatic carbocycles. The molecule has 4 nitrogen and oxygen atoms in total. The zero-order chi connectivity index (χ0) is 14.3. The Morgan fingerprint density at radius 2 is 1.95 bits per heavy atom. The SMILES string of the molecule is CC(C)C1NC(C2CCCC2)N(C2CCOC2C)C1=O. The molecular formula is C16H28N2O2. The summed E-state index contributed by atoms with van der Waals surface area (Å²) < 4.78 is 5.71. The highest BCUT2D eigenvalue weighted by Crippen LogP contribution is 2.36. The van der Waals surface area contributed by atoms with Gasteiger partial charge in [0.2, 0.25) is 5.91 Å². The number of nitrogens with one attached hydrogen (secondary N) is 1. The molecule has 1 N–H and O–H groups in total. The monoisotopic (exact) mass is 280 g/mol. The van der Waals surface area contributed by atoms with Gasteiger partial charge in [-0.1, -0.05) is 26.7 Å². The Kier molecular flexibility index (Phi) is 4.04. The predicted octanol–water partition coefficient (Wildman–Crippen LogP) is 2.14. The molecule has 1 saturated carbocycles. The van der Waals surface area contributed by atoms with Crippen molar-refractivity contribution < 1.29 is 9.53 Å². The summed E-state index contributed by atoms with van der Waals surface area (Å²) in [5.74, 6) is 1.30. The number of carbonyl (C=O) groups is 1. The van der Waals surface area contributed by atoms with E-state index in [1.165, 1.54) is 25.7 Å². The van der Waals surface area contributed by atoms with E-state index < -0.39 is 0 Å². The minimum atomic E-state index is -0.00611. The summed E-state index contributed by atoms with van der Waals surface area (Å²) >= 11 is 0.